The third kappa shape index (κ3) is 6.81. The topological polar surface area (TPSA) is 58.6 Å². The van der Waals surface area contributed by atoms with Crippen molar-refractivity contribution in [1.82, 2.24) is 5.32 Å². The fourth-order valence-electron chi connectivity index (χ4n) is 0.778. The van der Waals surface area contributed by atoms with Crippen molar-refractivity contribution in [2.75, 3.05) is 20.3 Å². The number of nitrogens with one attached hydrogen (secondary N) is 1. The Kier molecular flexibility index (Phi) is 6.94. The summed E-state index contributed by atoms with van der Waals surface area (Å²) in [4.78, 5) is 10.9. The van der Waals surface area contributed by atoms with Gasteiger partial charge in [-0.2, -0.15) is 0 Å². The van der Waals surface area contributed by atoms with E-state index in [2.05, 4.69) is 5.32 Å². The first-order chi connectivity index (χ1) is 6.07. The Bertz CT molecular complexity index is 152. The molecule has 2 unspecified atom stereocenters. The molecule has 0 aromatic carbocycles. The Labute approximate surface area is 83.2 Å². The number of alkyl halides is 1. The quantitative estimate of drug-likeness (QED) is 0.612. The van der Waals surface area contributed by atoms with Crippen molar-refractivity contribution >= 4 is 17.5 Å². The van der Waals surface area contributed by atoms with Gasteiger partial charge in [-0.05, 0) is 13.3 Å². The second-order valence-corrected chi connectivity index (χ2v) is 3.46. The van der Waals surface area contributed by atoms with Gasteiger partial charge in [0.1, 0.15) is 5.38 Å². The van der Waals surface area contributed by atoms with E-state index in [1.54, 1.807) is 6.92 Å². The van der Waals surface area contributed by atoms with Crippen LogP contribution in [0.25, 0.3) is 0 Å². The summed E-state index contributed by atoms with van der Waals surface area (Å²) in [7, 11) is 1.52. The molecule has 2 N–H and O–H groups in total. The smallest absolute Gasteiger partial charge is 0.237 e. The Morgan fingerprint density at radius 2 is 2.31 bits per heavy atom. The lowest BCUT2D eigenvalue weighted by Gasteiger charge is -2.10. The maximum Gasteiger partial charge on any atom is 0.237 e. The molecule has 0 aromatic rings. The van der Waals surface area contributed by atoms with Gasteiger partial charge >= 0.3 is 0 Å². The third-order valence-electron chi connectivity index (χ3n) is 1.50. The summed E-state index contributed by atoms with van der Waals surface area (Å²) in [6, 6.07) is 0. The Morgan fingerprint density at radius 3 is 2.77 bits per heavy atom. The van der Waals surface area contributed by atoms with Crippen molar-refractivity contribution < 1.29 is 14.6 Å². The minimum absolute atomic E-state index is 0.216. The molecule has 0 radical (unpaired) electrons. The van der Waals surface area contributed by atoms with E-state index in [1.807, 2.05) is 0 Å². The molecule has 0 aliphatic carbocycles. The SMILES string of the molecule is COCC(O)CCNC(=O)C(C)Cl. The molecular formula is C8H16ClNO3. The van der Waals surface area contributed by atoms with E-state index >= 15 is 0 Å². The molecule has 0 saturated carbocycles. The molecule has 5 heteroatoms. The highest BCUT2D eigenvalue weighted by Gasteiger charge is 2.09. The normalized spacial score (nSPS) is 15.1. The van der Waals surface area contributed by atoms with Crippen LogP contribution in [0.4, 0.5) is 0 Å². The van der Waals surface area contributed by atoms with Crippen LogP contribution in [0.5, 0.6) is 0 Å². The number of halogens is 1. The van der Waals surface area contributed by atoms with Crippen LogP contribution in [0.15, 0.2) is 0 Å². The fourth-order valence-corrected chi connectivity index (χ4v) is 0.855. The van der Waals surface area contributed by atoms with Gasteiger partial charge in [0, 0.05) is 13.7 Å². The first-order valence-corrected chi connectivity index (χ1v) is 4.60. The lowest BCUT2D eigenvalue weighted by atomic mass is 10.2. The summed E-state index contributed by atoms with van der Waals surface area (Å²) in [5.74, 6) is -0.216. The Balaban J connectivity index is 3.39. The second-order valence-electron chi connectivity index (χ2n) is 2.80. The number of aliphatic hydroxyl groups excluding tert-OH is 1. The van der Waals surface area contributed by atoms with Crippen LogP contribution < -0.4 is 5.32 Å². The standard InChI is InChI=1S/C8H16ClNO3/c1-6(9)8(12)10-4-3-7(11)5-13-2/h6-7,11H,3-5H2,1-2H3,(H,10,12). The molecule has 0 heterocycles. The monoisotopic (exact) mass is 209 g/mol. The zero-order chi connectivity index (χ0) is 10.3. The highest BCUT2D eigenvalue weighted by molar-refractivity contribution is 6.30. The molecule has 4 nitrogen and oxygen atoms in total. The Morgan fingerprint density at radius 1 is 1.69 bits per heavy atom. The number of amides is 1. The van der Waals surface area contributed by atoms with Gasteiger partial charge in [0.15, 0.2) is 0 Å². The summed E-state index contributed by atoms with van der Waals surface area (Å²) < 4.78 is 4.72. The van der Waals surface area contributed by atoms with E-state index in [4.69, 9.17) is 16.3 Å². The summed E-state index contributed by atoms with van der Waals surface area (Å²) >= 11 is 5.51. The van der Waals surface area contributed by atoms with E-state index in [-0.39, 0.29) is 12.5 Å². The minimum atomic E-state index is -0.532. The number of rotatable bonds is 6. The van der Waals surface area contributed by atoms with Crippen molar-refractivity contribution in [2.45, 2.75) is 24.8 Å². The molecule has 0 spiro atoms. The van der Waals surface area contributed by atoms with E-state index in [1.165, 1.54) is 7.11 Å². The maximum absolute atomic E-state index is 10.9. The zero-order valence-corrected chi connectivity index (χ0v) is 8.67. The molecule has 0 aliphatic heterocycles. The van der Waals surface area contributed by atoms with Crippen LogP contribution >= 0.6 is 11.6 Å². The number of hydrogen-bond donors (Lipinski definition) is 2. The molecular weight excluding hydrogens is 194 g/mol. The number of hydrogen-bond acceptors (Lipinski definition) is 3. The van der Waals surface area contributed by atoms with Crippen LogP contribution in [-0.2, 0) is 9.53 Å². The maximum atomic E-state index is 10.9. The van der Waals surface area contributed by atoms with E-state index in [0.29, 0.717) is 13.0 Å². The molecule has 0 rings (SSSR count). The molecule has 0 saturated heterocycles. The van der Waals surface area contributed by atoms with Crippen LogP contribution in [0.1, 0.15) is 13.3 Å². The summed E-state index contributed by atoms with van der Waals surface area (Å²) in [6.45, 7) is 2.30. The summed E-state index contributed by atoms with van der Waals surface area (Å²) in [5.41, 5.74) is 0. The van der Waals surface area contributed by atoms with Crippen LogP contribution in [-0.4, -0.2) is 42.8 Å². The zero-order valence-electron chi connectivity index (χ0n) is 7.92. The van der Waals surface area contributed by atoms with Gasteiger partial charge < -0.3 is 15.2 Å². The second kappa shape index (κ2) is 7.12. The average molecular weight is 210 g/mol. The van der Waals surface area contributed by atoms with Crippen molar-refractivity contribution in [3.8, 4) is 0 Å². The molecule has 1 amide bonds. The van der Waals surface area contributed by atoms with Gasteiger partial charge in [0.05, 0.1) is 12.7 Å². The molecule has 0 bridgehead atoms. The molecule has 0 fully saturated rings. The fraction of sp³-hybridized carbons (Fsp3) is 0.875. The van der Waals surface area contributed by atoms with E-state index < -0.39 is 11.5 Å². The number of methoxy groups -OCH3 is 1. The highest BCUT2D eigenvalue weighted by Crippen LogP contribution is 1.94. The predicted molar refractivity (Wildman–Crippen MR) is 50.8 cm³/mol. The van der Waals surface area contributed by atoms with E-state index in [0.717, 1.165) is 0 Å². The third-order valence-corrected chi connectivity index (χ3v) is 1.70. The summed E-state index contributed by atoms with van der Waals surface area (Å²) in [5, 5.41) is 11.2. The van der Waals surface area contributed by atoms with Crippen LogP contribution in [0.3, 0.4) is 0 Å². The molecule has 0 aliphatic rings. The van der Waals surface area contributed by atoms with Crippen LogP contribution in [0.2, 0.25) is 0 Å². The predicted octanol–water partition coefficient (Wildman–Crippen LogP) is 0.127. The number of ether oxygens (including phenoxy) is 1. The van der Waals surface area contributed by atoms with E-state index in [9.17, 15) is 9.90 Å². The molecule has 78 valence electrons. The van der Waals surface area contributed by atoms with Crippen molar-refractivity contribution in [3.63, 3.8) is 0 Å². The number of aliphatic hydroxyl groups is 1. The Hall–Kier alpha value is -0.320. The van der Waals surface area contributed by atoms with Crippen molar-refractivity contribution in [1.29, 1.82) is 0 Å². The van der Waals surface area contributed by atoms with Gasteiger partial charge in [-0.15, -0.1) is 11.6 Å². The van der Waals surface area contributed by atoms with Gasteiger partial charge in [-0.25, -0.2) is 0 Å². The summed E-state index contributed by atoms with van der Waals surface area (Å²) in [6.07, 6.45) is -0.0562. The average Bonchev–Trinajstić information content (AvgIpc) is 2.04. The molecule has 0 aromatic heterocycles. The molecule has 13 heavy (non-hydrogen) atoms. The first kappa shape index (κ1) is 12.7. The first-order valence-electron chi connectivity index (χ1n) is 4.16. The number of carbonyl (C=O) groups excluding carboxylic acids is 1. The van der Waals surface area contributed by atoms with Crippen molar-refractivity contribution in [2.24, 2.45) is 0 Å². The van der Waals surface area contributed by atoms with Gasteiger partial charge in [-0.1, -0.05) is 0 Å². The highest BCUT2D eigenvalue weighted by atomic mass is 35.5. The van der Waals surface area contributed by atoms with Crippen molar-refractivity contribution in [3.05, 3.63) is 0 Å². The van der Waals surface area contributed by atoms with Crippen LogP contribution in [0, 0.1) is 0 Å². The van der Waals surface area contributed by atoms with Gasteiger partial charge in [0.25, 0.3) is 0 Å². The minimum Gasteiger partial charge on any atom is -0.391 e. The lowest BCUT2D eigenvalue weighted by Crippen LogP contribution is -2.32. The number of carbonyl (C=O) groups is 1. The molecule has 2 atom stereocenters. The lowest BCUT2D eigenvalue weighted by molar-refractivity contribution is -0.120. The largest absolute Gasteiger partial charge is 0.391 e. The van der Waals surface area contributed by atoms with Gasteiger partial charge in [0.2, 0.25) is 5.91 Å². The van der Waals surface area contributed by atoms with Gasteiger partial charge in [-0.3, -0.25) is 4.79 Å².